The predicted molar refractivity (Wildman–Crippen MR) is 84.5 cm³/mol. The molecule has 0 saturated carbocycles. The van der Waals surface area contributed by atoms with E-state index in [9.17, 15) is 0 Å². The predicted octanol–water partition coefficient (Wildman–Crippen LogP) is 1.92. The molecular weight excluding hydrogens is 320 g/mol. The Morgan fingerprint density at radius 1 is 1.55 bits per heavy atom. The molecule has 1 aliphatic rings. The van der Waals surface area contributed by atoms with Gasteiger partial charge in [-0.05, 0) is 54.1 Å². The van der Waals surface area contributed by atoms with Crippen LogP contribution in [0.4, 0.5) is 0 Å². The van der Waals surface area contributed by atoms with E-state index in [1.165, 1.54) is 5.56 Å². The average Bonchev–Trinajstić information content (AvgIpc) is 2.45. The second-order valence-electron chi connectivity index (χ2n) is 5.24. The van der Waals surface area contributed by atoms with Gasteiger partial charge in [-0.2, -0.15) is 0 Å². The molecule has 1 aliphatic heterocycles. The van der Waals surface area contributed by atoms with Gasteiger partial charge in [-0.1, -0.05) is 6.07 Å². The largest absolute Gasteiger partial charge is 0.496 e. The number of halogens is 1. The van der Waals surface area contributed by atoms with E-state index in [4.69, 9.17) is 9.47 Å². The van der Waals surface area contributed by atoms with Crippen LogP contribution in [-0.2, 0) is 11.2 Å². The van der Waals surface area contributed by atoms with Crippen molar-refractivity contribution in [1.29, 1.82) is 0 Å². The second kappa shape index (κ2) is 7.41. The van der Waals surface area contributed by atoms with E-state index in [1.807, 2.05) is 13.1 Å². The first-order chi connectivity index (χ1) is 9.63. The van der Waals surface area contributed by atoms with Crippen molar-refractivity contribution in [1.82, 2.24) is 10.2 Å². The zero-order chi connectivity index (χ0) is 14.5. The lowest BCUT2D eigenvalue weighted by Crippen LogP contribution is -2.51. The van der Waals surface area contributed by atoms with Crippen molar-refractivity contribution in [2.24, 2.45) is 0 Å². The summed E-state index contributed by atoms with van der Waals surface area (Å²) in [5, 5.41) is 3.39. The number of methoxy groups -OCH3 is 1. The van der Waals surface area contributed by atoms with Gasteiger partial charge in [0.2, 0.25) is 0 Å². The molecule has 1 heterocycles. The maximum Gasteiger partial charge on any atom is 0.133 e. The number of hydrogen-bond donors (Lipinski definition) is 1. The van der Waals surface area contributed by atoms with Gasteiger partial charge >= 0.3 is 0 Å². The van der Waals surface area contributed by atoms with Gasteiger partial charge in [0.15, 0.2) is 0 Å². The molecule has 2 unspecified atom stereocenters. The van der Waals surface area contributed by atoms with E-state index >= 15 is 0 Å². The van der Waals surface area contributed by atoms with Crippen LogP contribution in [0.5, 0.6) is 5.75 Å². The average molecular weight is 343 g/mol. The second-order valence-corrected chi connectivity index (χ2v) is 6.09. The highest BCUT2D eigenvalue weighted by Gasteiger charge is 2.25. The normalized spacial score (nSPS) is 21.7. The molecule has 112 valence electrons. The fourth-order valence-corrected chi connectivity index (χ4v) is 3.15. The molecule has 5 heteroatoms. The third-order valence-electron chi connectivity index (χ3n) is 3.79. The molecule has 0 aromatic heterocycles. The topological polar surface area (TPSA) is 33.7 Å². The summed E-state index contributed by atoms with van der Waals surface area (Å²) in [7, 11) is 5.83. The fraction of sp³-hybridized carbons (Fsp3) is 0.600. The smallest absolute Gasteiger partial charge is 0.133 e. The molecule has 1 fully saturated rings. The van der Waals surface area contributed by atoms with Gasteiger partial charge in [-0.25, -0.2) is 0 Å². The summed E-state index contributed by atoms with van der Waals surface area (Å²) < 4.78 is 12.2. The molecule has 2 rings (SSSR count). The molecule has 1 aromatic rings. The van der Waals surface area contributed by atoms with Crippen molar-refractivity contribution >= 4 is 15.9 Å². The standard InChI is InChI=1S/C15H23BrN2O2/c1-17-13(15-10-18(2)6-7-20-15)9-11-4-5-14(19-3)12(16)8-11/h4-5,8,13,15,17H,6-7,9-10H2,1-3H3. The third-order valence-corrected chi connectivity index (χ3v) is 4.41. The Hall–Kier alpha value is -0.620. The molecule has 0 amide bonds. The Morgan fingerprint density at radius 2 is 2.35 bits per heavy atom. The van der Waals surface area contributed by atoms with E-state index in [0.29, 0.717) is 6.04 Å². The molecule has 1 saturated heterocycles. The number of rotatable bonds is 5. The van der Waals surface area contributed by atoms with Crippen LogP contribution in [-0.4, -0.2) is 57.9 Å². The minimum absolute atomic E-state index is 0.236. The highest BCUT2D eigenvalue weighted by atomic mass is 79.9. The van der Waals surface area contributed by atoms with Crippen LogP contribution in [0.15, 0.2) is 22.7 Å². The Morgan fingerprint density at radius 3 is 2.95 bits per heavy atom. The highest BCUT2D eigenvalue weighted by Crippen LogP contribution is 2.26. The van der Waals surface area contributed by atoms with Gasteiger partial charge in [-0.15, -0.1) is 0 Å². The number of nitrogens with zero attached hydrogens (tertiary/aromatic N) is 1. The highest BCUT2D eigenvalue weighted by molar-refractivity contribution is 9.10. The van der Waals surface area contributed by atoms with Gasteiger partial charge in [0, 0.05) is 19.1 Å². The summed E-state index contributed by atoms with van der Waals surface area (Å²) in [5.41, 5.74) is 1.27. The molecule has 1 aromatic carbocycles. The number of benzene rings is 1. The Kier molecular flexibility index (Phi) is 5.84. The first-order valence-electron chi connectivity index (χ1n) is 6.94. The molecular formula is C15H23BrN2O2. The van der Waals surface area contributed by atoms with Crippen LogP contribution in [0, 0.1) is 0 Å². The number of ether oxygens (including phenoxy) is 2. The van der Waals surface area contributed by atoms with E-state index in [2.05, 4.69) is 45.3 Å². The molecule has 0 aliphatic carbocycles. The van der Waals surface area contributed by atoms with Gasteiger partial charge in [0.25, 0.3) is 0 Å². The fourth-order valence-electron chi connectivity index (χ4n) is 2.56. The number of morpholine rings is 1. The van der Waals surface area contributed by atoms with Gasteiger partial charge in [0.05, 0.1) is 24.3 Å². The maximum atomic E-state index is 5.91. The molecule has 1 N–H and O–H groups in total. The molecule has 4 nitrogen and oxygen atoms in total. The van der Waals surface area contributed by atoms with Gasteiger partial charge < -0.3 is 19.7 Å². The summed E-state index contributed by atoms with van der Waals surface area (Å²) in [6.07, 6.45) is 1.18. The van der Waals surface area contributed by atoms with Crippen LogP contribution in [0.1, 0.15) is 5.56 Å². The summed E-state index contributed by atoms with van der Waals surface area (Å²) in [4.78, 5) is 2.32. The zero-order valence-electron chi connectivity index (χ0n) is 12.4. The molecule has 0 spiro atoms. The van der Waals surface area contributed by atoms with Gasteiger partial charge in [-0.3, -0.25) is 0 Å². The van der Waals surface area contributed by atoms with Crippen molar-refractivity contribution in [3.8, 4) is 5.75 Å². The minimum atomic E-state index is 0.236. The lowest BCUT2D eigenvalue weighted by Gasteiger charge is -2.35. The van der Waals surface area contributed by atoms with Crippen molar-refractivity contribution in [3.63, 3.8) is 0 Å². The summed E-state index contributed by atoms with van der Waals surface area (Å²) in [6.45, 7) is 2.80. The van der Waals surface area contributed by atoms with Gasteiger partial charge in [0.1, 0.15) is 5.75 Å². The Balaban J connectivity index is 2.04. The van der Waals surface area contributed by atoms with Crippen LogP contribution in [0.25, 0.3) is 0 Å². The third kappa shape index (κ3) is 3.95. The summed E-state index contributed by atoms with van der Waals surface area (Å²) in [6, 6.07) is 6.55. The first kappa shape index (κ1) is 15.8. The Labute approximate surface area is 129 Å². The van der Waals surface area contributed by atoms with E-state index in [1.54, 1.807) is 7.11 Å². The van der Waals surface area contributed by atoms with Crippen molar-refractivity contribution in [2.75, 3.05) is 40.9 Å². The number of hydrogen-bond acceptors (Lipinski definition) is 4. The zero-order valence-corrected chi connectivity index (χ0v) is 13.9. The quantitative estimate of drug-likeness (QED) is 0.886. The van der Waals surface area contributed by atoms with Crippen LogP contribution in [0.3, 0.4) is 0 Å². The molecule has 0 bridgehead atoms. The SMILES string of the molecule is CNC(Cc1ccc(OC)c(Br)c1)C1CN(C)CCO1. The van der Waals surface area contributed by atoms with Crippen LogP contribution in [0.2, 0.25) is 0 Å². The molecule has 0 radical (unpaired) electrons. The minimum Gasteiger partial charge on any atom is -0.496 e. The summed E-state index contributed by atoms with van der Waals surface area (Å²) >= 11 is 3.54. The molecule has 20 heavy (non-hydrogen) atoms. The van der Waals surface area contributed by atoms with E-state index in [0.717, 1.165) is 36.3 Å². The lowest BCUT2D eigenvalue weighted by atomic mass is 10.00. The van der Waals surface area contributed by atoms with Crippen molar-refractivity contribution in [3.05, 3.63) is 28.2 Å². The van der Waals surface area contributed by atoms with Crippen LogP contribution < -0.4 is 10.1 Å². The summed E-state index contributed by atoms with van der Waals surface area (Å²) in [5.74, 6) is 0.864. The van der Waals surface area contributed by atoms with E-state index in [-0.39, 0.29) is 6.10 Å². The number of nitrogens with one attached hydrogen (secondary N) is 1. The monoisotopic (exact) mass is 342 g/mol. The lowest BCUT2D eigenvalue weighted by molar-refractivity contribution is -0.0372. The van der Waals surface area contributed by atoms with Crippen molar-refractivity contribution < 1.29 is 9.47 Å². The van der Waals surface area contributed by atoms with Crippen LogP contribution >= 0.6 is 15.9 Å². The van der Waals surface area contributed by atoms with E-state index < -0.39 is 0 Å². The molecule has 2 atom stereocenters. The maximum absolute atomic E-state index is 5.91. The number of likely N-dealkylation sites (N-methyl/N-ethyl adjacent to an activating group) is 2. The Bertz CT molecular complexity index is 442. The van der Waals surface area contributed by atoms with Crippen molar-refractivity contribution in [2.45, 2.75) is 18.6 Å². The first-order valence-corrected chi connectivity index (χ1v) is 7.73.